The number of nitrogens with zero attached hydrogens (tertiary/aromatic N) is 4. The molecule has 0 fully saturated rings. The summed E-state index contributed by atoms with van der Waals surface area (Å²) in [6, 6.07) is 4.09. The highest BCUT2D eigenvalue weighted by molar-refractivity contribution is 5.62. The van der Waals surface area contributed by atoms with E-state index in [1.807, 2.05) is 0 Å². The van der Waals surface area contributed by atoms with Gasteiger partial charge in [0.25, 0.3) is 0 Å². The molecule has 2 aromatic heterocycles. The Labute approximate surface area is 145 Å². The Hall–Kier alpha value is -2.75. The predicted octanol–water partition coefficient (Wildman–Crippen LogP) is 3.87. The van der Waals surface area contributed by atoms with Crippen molar-refractivity contribution >= 4 is 5.65 Å². The lowest BCUT2D eigenvalue weighted by molar-refractivity contribution is -0.275. The Bertz CT molecular complexity index is 924. The number of benzene rings is 1. The molecule has 0 saturated carbocycles. The summed E-state index contributed by atoms with van der Waals surface area (Å²) in [5.74, 6) is -0.246. The van der Waals surface area contributed by atoms with Gasteiger partial charge in [0.2, 0.25) is 0 Å². The van der Waals surface area contributed by atoms with Crippen molar-refractivity contribution in [3.8, 4) is 17.0 Å². The molecule has 0 saturated heterocycles. The molecule has 1 unspecified atom stereocenters. The fourth-order valence-corrected chi connectivity index (χ4v) is 2.47. The van der Waals surface area contributed by atoms with Crippen molar-refractivity contribution < 1.29 is 27.0 Å². The molecule has 6 nitrogen and oxygen atoms in total. The number of hydrogen-bond donors (Lipinski definition) is 0. The summed E-state index contributed by atoms with van der Waals surface area (Å²) in [5, 5.41) is 7.59. The Kier molecular flexibility index (Phi) is 4.77. The van der Waals surface area contributed by atoms with Crippen LogP contribution in [0.3, 0.4) is 0 Å². The fraction of sp³-hybridized carbons (Fsp3) is 0.312. The molecule has 0 bridgehead atoms. The smallest absolute Gasteiger partial charge is 0.405 e. The number of alkyl halides is 4. The second kappa shape index (κ2) is 6.87. The van der Waals surface area contributed by atoms with Crippen molar-refractivity contribution in [1.82, 2.24) is 19.6 Å². The van der Waals surface area contributed by atoms with Gasteiger partial charge >= 0.3 is 6.36 Å². The first kappa shape index (κ1) is 18.1. The maximum atomic E-state index is 13.6. The quantitative estimate of drug-likeness (QED) is 0.638. The van der Waals surface area contributed by atoms with Gasteiger partial charge in [-0.3, -0.25) is 9.38 Å². The number of aromatic nitrogens is 4. The highest BCUT2D eigenvalue weighted by atomic mass is 19.4. The molecule has 0 aliphatic rings. The Morgan fingerprint density at radius 1 is 1.23 bits per heavy atom. The van der Waals surface area contributed by atoms with Crippen LogP contribution in [0.25, 0.3) is 16.9 Å². The second-order valence-corrected chi connectivity index (χ2v) is 5.48. The zero-order valence-electron chi connectivity index (χ0n) is 13.8. The van der Waals surface area contributed by atoms with Crippen molar-refractivity contribution in [2.24, 2.45) is 0 Å². The third-order valence-electron chi connectivity index (χ3n) is 3.56. The largest absolute Gasteiger partial charge is 0.573 e. The molecule has 26 heavy (non-hydrogen) atoms. The molecule has 0 amide bonds. The zero-order valence-corrected chi connectivity index (χ0v) is 13.8. The van der Waals surface area contributed by atoms with Crippen LogP contribution in [0.2, 0.25) is 0 Å². The normalized spacial score (nSPS) is 13.2. The van der Waals surface area contributed by atoms with Crippen LogP contribution in [-0.2, 0) is 11.3 Å². The van der Waals surface area contributed by atoms with Crippen molar-refractivity contribution in [2.75, 3.05) is 7.11 Å². The molecule has 0 radical (unpaired) electrons. The van der Waals surface area contributed by atoms with E-state index >= 15 is 0 Å². The summed E-state index contributed by atoms with van der Waals surface area (Å²) in [6.07, 6.45) is -3.22. The summed E-state index contributed by atoms with van der Waals surface area (Å²) in [4.78, 5) is 4.21. The van der Waals surface area contributed by atoms with E-state index in [4.69, 9.17) is 4.74 Å². The van der Waals surface area contributed by atoms with Crippen molar-refractivity contribution in [3.63, 3.8) is 0 Å². The van der Waals surface area contributed by atoms with Crippen LogP contribution in [0.4, 0.5) is 17.6 Å². The maximum Gasteiger partial charge on any atom is 0.573 e. The van der Waals surface area contributed by atoms with Crippen LogP contribution in [0.1, 0.15) is 24.5 Å². The molecule has 2 heterocycles. The van der Waals surface area contributed by atoms with Gasteiger partial charge in [0.15, 0.2) is 17.6 Å². The van der Waals surface area contributed by atoms with Crippen molar-refractivity contribution in [3.05, 3.63) is 42.0 Å². The average Bonchev–Trinajstić information content (AvgIpc) is 2.98. The van der Waals surface area contributed by atoms with Crippen LogP contribution in [0, 0.1) is 0 Å². The van der Waals surface area contributed by atoms with E-state index in [2.05, 4.69) is 19.9 Å². The van der Waals surface area contributed by atoms with E-state index in [0.29, 0.717) is 16.9 Å². The standard InChI is InChI=1S/C16H14F4N4O2/c1-9(17)15-23-22-14-6-21-12(7-24(14)15)10-3-4-13(26-16(18,19)20)11(5-10)8-25-2/h3-7,9H,8H2,1-2H3. The lowest BCUT2D eigenvalue weighted by Gasteiger charge is -2.14. The Morgan fingerprint density at radius 2 is 2.00 bits per heavy atom. The van der Waals surface area contributed by atoms with Gasteiger partial charge in [0.05, 0.1) is 18.5 Å². The molecule has 0 spiro atoms. The lowest BCUT2D eigenvalue weighted by Crippen LogP contribution is -2.18. The minimum atomic E-state index is -4.81. The van der Waals surface area contributed by atoms with Crippen molar-refractivity contribution in [2.45, 2.75) is 26.1 Å². The highest BCUT2D eigenvalue weighted by Gasteiger charge is 2.32. The molecule has 3 aromatic rings. The number of methoxy groups -OCH3 is 1. The van der Waals surface area contributed by atoms with E-state index in [0.717, 1.165) is 0 Å². The van der Waals surface area contributed by atoms with Crippen LogP contribution >= 0.6 is 0 Å². The molecule has 10 heteroatoms. The zero-order chi connectivity index (χ0) is 18.9. The molecule has 0 aliphatic heterocycles. The number of hydrogen-bond acceptors (Lipinski definition) is 5. The first-order chi connectivity index (χ1) is 12.3. The minimum absolute atomic E-state index is 0.0824. The first-order valence-corrected chi connectivity index (χ1v) is 7.51. The third-order valence-corrected chi connectivity index (χ3v) is 3.56. The highest BCUT2D eigenvalue weighted by Crippen LogP contribution is 2.31. The number of ether oxygens (including phenoxy) is 2. The summed E-state index contributed by atoms with van der Waals surface area (Å²) < 4.78 is 61.6. The lowest BCUT2D eigenvalue weighted by atomic mass is 10.1. The third kappa shape index (κ3) is 3.74. The number of rotatable bonds is 5. The Morgan fingerprint density at radius 3 is 2.65 bits per heavy atom. The van der Waals surface area contributed by atoms with Gasteiger partial charge < -0.3 is 9.47 Å². The average molecular weight is 370 g/mol. The summed E-state index contributed by atoms with van der Waals surface area (Å²) in [6.45, 7) is 1.25. The first-order valence-electron chi connectivity index (χ1n) is 7.51. The van der Waals surface area contributed by atoms with Gasteiger partial charge in [0, 0.05) is 24.4 Å². The van der Waals surface area contributed by atoms with Gasteiger partial charge in [-0.2, -0.15) is 0 Å². The predicted molar refractivity (Wildman–Crippen MR) is 83.1 cm³/mol. The Balaban J connectivity index is 2.04. The van der Waals surface area contributed by atoms with Crippen molar-refractivity contribution in [1.29, 1.82) is 0 Å². The summed E-state index contributed by atoms with van der Waals surface area (Å²) >= 11 is 0. The molecule has 0 aliphatic carbocycles. The molecule has 1 atom stereocenters. The van der Waals surface area contributed by atoms with Gasteiger partial charge in [-0.15, -0.1) is 23.4 Å². The SMILES string of the molecule is COCc1cc(-c2cn3c(C(C)F)nnc3cn2)ccc1OC(F)(F)F. The van der Waals surface area contributed by atoms with Gasteiger partial charge in [0.1, 0.15) is 5.75 Å². The number of halogens is 4. The molecular formula is C16H14F4N4O2. The summed E-state index contributed by atoms with van der Waals surface area (Å²) in [5.41, 5.74) is 1.49. The van der Waals surface area contributed by atoms with E-state index in [1.54, 1.807) is 0 Å². The van der Waals surface area contributed by atoms with Gasteiger partial charge in [-0.1, -0.05) is 0 Å². The second-order valence-electron chi connectivity index (χ2n) is 5.48. The number of fused-ring (bicyclic) bond motifs is 1. The monoisotopic (exact) mass is 370 g/mol. The van der Waals surface area contributed by atoms with Gasteiger partial charge in [-0.05, 0) is 25.1 Å². The maximum absolute atomic E-state index is 13.6. The van der Waals surface area contributed by atoms with Crippen LogP contribution in [-0.4, -0.2) is 33.1 Å². The van der Waals surface area contributed by atoms with Crippen LogP contribution < -0.4 is 4.74 Å². The van der Waals surface area contributed by atoms with E-state index in [1.165, 1.54) is 49.0 Å². The molecule has 0 N–H and O–H groups in total. The van der Waals surface area contributed by atoms with E-state index in [9.17, 15) is 17.6 Å². The van der Waals surface area contributed by atoms with E-state index < -0.39 is 12.5 Å². The van der Waals surface area contributed by atoms with Gasteiger partial charge in [-0.25, -0.2) is 4.39 Å². The van der Waals surface area contributed by atoms with E-state index in [-0.39, 0.29) is 23.7 Å². The van der Waals surface area contributed by atoms with Crippen LogP contribution in [0.15, 0.2) is 30.6 Å². The minimum Gasteiger partial charge on any atom is -0.405 e. The fourth-order valence-electron chi connectivity index (χ4n) is 2.47. The molecule has 138 valence electrons. The molecule has 1 aromatic carbocycles. The van der Waals surface area contributed by atoms with Crippen LogP contribution in [0.5, 0.6) is 5.75 Å². The molecule has 3 rings (SSSR count). The topological polar surface area (TPSA) is 61.5 Å². The molecular weight excluding hydrogens is 356 g/mol. The summed E-state index contributed by atoms with van der Waals surface area (Å²) in [7, 11) is 1.36.